The lowest BCUT2D eigenvalue weighted by Crippen LogP contribution is -2.21. The molecule has 2 N–H and O–H groups in total. The number of likely N-dealkylation sites (N-methyl/N-ethyl adjacent to an activating group) is 1. The second-order valence-electron chi connectivity index (χ2n) is 4.55. The number of aryl methyl sites for hydroxylation is 1. The van der Waals surface area contributed by atoms with Gasteiger partial charge in [0.25, 0.3) is 0 Å². The highest BCUT2D eigenvalue weighted by Gasteiger charge is 2.06. The summed E-state index contributed by atoms with van der Waals surface area (Å²) >= 11 is 1.73. The standard InChI is InChI=1S/C14H19N3S/c1-11-14(18-10-16-11)9-17(2)8-7-12-5-3-4-6-13(12)15/h3-6,10H,7-9,15H2,1-2H3. The molecule has 0 spiro atoms. The third-order valence-corrected chi connectivity index (χ3v) is 4.00. The molecule has 0 saturated heterocycles. The second kappa shape index (κ2) is 5.98. The Labute approximate surface area is 112 Å². The highest BCUT2D eigenvalue weighted by molar-refractivity contribution is 7.09. The molecule has 0 aliphatic heterocycles. The van der Waals surface area contributed by atoms with E-state index >= 15 is 0 Å². The van der Waals surface area contributed by atoms with Gasteiger partial charge in [0.15, 0.2) is 0 Å². The molecule has 0 fully saturated rings. The van der Waals surface area contributed by atoms with Gasteiger partial charge >= 0.3 is 0 Å². The fourth-order valence-corrected chi connectivity index (χ4v) is 2.73. The molecule has 2 aromatic rings. The normalized spacial score (nSPS) is 11.1. The molecule has 0 aliphatic carbocycles. The summed E-state index contributed by atoms with van der Waals surface area (Å²) < 4.78 is 0. The van der Waals surface area contributed by atoms with Gasteiger partial charge in [0.05, 0.1) is 11.2 Å². The van der Waals surface area contributed by atoms with E-state index < -0.39 is 0 Å². The Kier molecular flexibility index (Phi) is 4.33. The van der Waals surface area contributed by atoms with E-state index in [4.69, 9.17) is 5.73 Å². The van der Waals surface area contributed by atoms with Gasteiger partial charge in [-0.25, -0.2) is 4.98 Å². The average molecular weight is 261 g/mol. The second-order valence-corrected chi connectivity index (χ2v) is 5.49. The molecule has 0 amide bonds. The Morgan fingerprint density at radius 1 is 1.33 bits per heavy atom. The summed E-state index contributed by atoms with van der Waals surface area (Å²) in [4.78, 5) is 7.93. The first-order valence-electron chi connectivity index (χ1n) is 6.07. The van der Waals surface area contributed by atoms with Gasteiger partial charge in [0, 0.05) is 23.7 Å². The summed E-state index contributed by atoms with van der Waals surface area (Å²) in [6, 6.07) is 8.08. The molecule has 1 heterocycles. The first-order valence-corrected chi connectivity index (χ1v) is 6.95. The Morgan fingerprint density at radius 2 is 2.11 bits per heavy atom. The highest BCUT2D eigenvalue weighted by atomic mass is 32.1. The zero-order valence-corrected chi connectivity index (χ0v) is 11.7. The molecule has 18 heavy (non-hydrogen) atoms. The van der Waals surface area contributed by atoms with Crippen LogP contribution in [-0.4, -0.2) is 23.5 Å². The van der Waals surface area contributed by atoms with E-state index in [1.54, 1.807) is 11.3 Å². The van der Waals surface area contributed by atoms with E-state index in [1.165, 1.54) is 10.4 Å². The number of hydrogen-bond acceptors (Lipinski definition) is 4. The van der Waals surface area contributed by atoms with Gasteiger partial charge in [-0.05, 0) is 32.0 Å². The van der Waals surface area contributed by atoms with Crippen molar-refractivity contribution in [3.8, 4) is 0 Å². The molecule has 2 rings (SSSR count). The van der Waals surface area contributed by atoms with Crippen LogP contribution >= 0.6 is 11.3 Å². The summed E-state index contributed by atoms with van der Waals surface area (Å²) in [5.41, 5.74) is 11.1. The Hall–Kier alpha value is -1.39. The van der Waals surface area contributed by atoms with Crippen LogP contribution in [0.15, 0.2) is 29.8 Å². The van der Waals surface area contributed by atoms with Gasteiger partial charge in [-0.15, -0.1) is 11.3 Å². The number of nitrogen functional groups attached to an aromatic ring is 1. The Bertz CT molecular complexity index is 507. The number of nitrogens with zero attached hydrogens (tertiary/aromatic N) is 2. The van der Waals surface area contributed by atoms with Crippen molar-refractivity contribution in [2.45, 2.75) is 19.9 Å². The number of thiazole rings is 1. The van der Waals surface area contributed by atoms with E-state index in [2.05, 4.69) is 29.9 Å². The minimum Gasteiger partial charge on any atom is -0.399 e. The van der Waals surface area contributed by atoms with Gasteiger partial charge in [0.1, 0.15) is 0 Å². The van der Waals surface area contributed by atoms with Crippen molar-refractivity contribution in [3.63, 3.8) is 0 Å². The third kappa shape index (κ3) is 3.31. The predicted octanol–water partition coefficient (Wildman–Crippen LogP) is 2.71. The van der Waals surface area contributed by atoms with E-state index in [0.29, 0.717) is 0 Å². The fraction of sp³-hybridized carbons (Fsp3) is 0.357. The first kappa shape index (κ1) is 13.1. The molecule has 0 saturated carbocycles. The van der Waals surface area contributed by atoms with E-state index in [1.807, 2.05) is 23.7 Å². The van der Waals surface area contributed by atoms with Gasteiger partial charge in [0.2, 0.25) is 0 Å². The van der Waals surface area contributed by atoms with Crippen LogP contribution in [0.25, 0.3) is 0 Å². The van der Waals surface area contributed by atoms with Crippen LogP contribution in [0, 0.1) is 6.92 Å². The van der Waals surface area contributed by atoms with Crippen molar-refractivity contribution in [1.82, 2.24) is 9.88 Å². The predicted molar refractivity (Wildman–Crippen MR) is 77.7 cm³/mol. The fourth-order valence-electron chi connectivity index (χ4n) is 1.88. The van der Waals surface area contributed by atoms with Gasteiger partial charge < -0.3 is 10.6 Å². The van der Waals surface area contributed by atoms with Crippen LogP contribution in [0.2, 0.25) is 0 Å². The van der Waals surface area contributed by atoms with Crippen molar-refractivity contribution in [2.75, 3.05) is 19.3 Å². The van der Waals surface area contributed by atoms with Crippen LogP contribution in [0.4, 0.5) is 5.69 Å². The van der Waals surface area contributed by atoms with Crippen molar-refractivity contribution >= 4 is 17.0 Å². The topological polar surface area (TPSA) is 42.2 Å². The van der Waals surface area contributed by atoms with Crippen molar-refractivity contribution < 1.29 is 0 Å². The minimum absolute atomic E-state index is 0.889. The lowest BCUT2D eigenvalue weighted by Gasteiger charge is -2.16. The van der Waals surface area contributed by atoms with Gasteiger partial charge in [-0.3, -0.25) is 0 Å². The van der Waals surface area contributed by atoms with E-state index in [9.17, 15) is 0 Å². The zero-order valence-electron chi connectivity index (χ0n) is 10.9. The van der Waals surface area contributed by atoms with Crippen LogP contribution in [0.3, 0.4) is 0 Å². The molecule has 3 nitrogen and oxygen atoms in total. The molecule has 4 heteroatoms. The number of hydrogen-bond donors (Lipinski definition) is 1. The third-order valence-electron chi connectivity index (χ3n) is 3.08. The minimum atomic E-state index is 0.889. The highest BCUT2D eigenvalue weighted by Crippen LogP contribution is 2.15. The van der Waals surface area contributed by atoms with Gasteiger partial charge in [-0.2, -0.15) is 0 Å². The Morgan fingerprint density at radius 3 is 2.78 bits per heavy atom. The number of benzene rings is 1. The molecule has 0 aliphatic rings. The summed E-state index contributed by atoms with van der Waals surface area (Å²) in [5, 5.41) is 0. The zero-order chi connectivity index (χ0) is 13.0. The smallest absolute Gasteiger partial charge is 0.0798 e. The summed E-state index contributed by atoms with van der Waals surface area (Å²) in [6.07, 6.45) is 0.987. The SMILES string of the molecule is Cc1ncsc1CN(C)CCc1ccccc1N. The molecular formula is C14H19N3S. The molecule has 1 aromatic carbocycles. The molecule has 96 valence electrons. The number of nitrogens with two attached hydrogens (primary N) is 1. The number of para-hydroxylation sites is 1. The lowest BCUT2D eigenvalue weighted by atomic mass is 10.1. The molecule has 0 atom stereocenters. The van der Waals surface area contributed by atoms with Crippen LogP contribution in [-0.2, 0) is 13.0 Å². The largest absolute Gasteiger partial charge is 0.399 e. The van der Waals surface area contributed by atoms with Gasteiger partial charge in [-0.1, -0.05) is 18.2 Å². The maximum Gasteiger partial charge on any atom is 0.0798 e. The maximum atomic E-state index is 5.94. The van der Waals surface area contributed by atoms with Crippen LogP contribution in [0.1, 0.15) is 16.1 Å². The molecule has 0 unspecified atom stereocenters. The summed E-state index contributed by atoms with van der Waals surface area (Å²) in [5.74, 6) is 0. The summed E-state index contributed by atoms with van der Waals surface area (Å²) in [7, 11) is 2.14. The van der Waals surface area contributed by atoms with E-state index in [-0.39, 0.29) is 0 Å². The van der Waals surface area contributed by atoms with E-state index in [0.717, 1.165) is 30.9 Å². The molecule has 1 aromatic heterocycles. The molecule has 0 bridgehead atoms. The first-order chi connectivity index (χ1) is 8.66. The maximum absolute atomic E-state index is 5.94. The number of rotatable bonds is 5. The number of aromatic nitrogens is 1. The molecule has 0 radical (unpaired) electrons. The Balaban J connectivity index is 1.87. The number of anilines is 1. The lowest BCUT2D eigenvalue weighted by molar-refractivity contribution is 0.333. The van der Waals surface area contributed by atoms with Crippen molar-refractivity contribution in [2.24, 2.45) is 0 Å². The molecular weight excluding hydrogens is 242 g/mol. The quantitative estimate of drug-likeness (QED) is 0.841. The average Bonchev–Trinajstić information content (AvgIpc) is 2.74. The van der Waals surface area contributed by atoms with Crippen molar-refractivity contribution in [3.05, 3.63) is 45.9 Å². The summed E-state index contributed by atoms with van der Waals surface area (Å²) in [6.45, 7) is 4.03. The van der Waals surface area contributed by atoms with Crippen LogP contribution in [0.5, 0.6) is 0 Å². The van der Waals surface area contributed by atoms with Crippen molar-refractivity contribution in [1.29, 1.82) is 0 Å². The monoisotopic (exact) mass is 261 g/mol. The van der Waals surface area contributed by atoms with Crippen LogP contribution < -0.4 is 5.73 Å².